The fourth-order valence-corrected chi connectivity index (χ4v) is 9.96. The number of alkyl halides is 6. The number of hydrogen-bond donors (Lipinski definition) is 2. The number of amides is 4. The van der Waals surface area contributed by atoms with Crippen LogP contribution in [0.15, 0.2) is 138 Å². The van der Waals surface area contributed by atoms with Crippen LogP contribution in [0.3, 0.4) is 0 Å². The van der Waals surface area contributed by atoms with E-state index in [1.165, 1.54) is 47.4 Å². The fourth-order valence-electron chi connectivity index (χ4n) is 9.22. The molecule has 5 aliphatic rings. The van der Waals surface area contributed by atoms with Gasteiger partial charge in [0.15, 0.2) is 13.2 Å². The predicted molar refractivity (Wildman–Crippen MR) is 308 cm³/mol. The molecule has 4 amide bonds. The molecule has 0 bridgehead atoms. The Hall–Kier alpha value is -4.51. The second-order valence-electron chi connectivity index (χ2n) is 19.7. The van der Waals surface area contributed by atoms with Crippen LogP contribution in [0, 0.1) is 11.8 Å². The molecule has 5 heterocycles. The Balaban J connectivity index is 0.000000243. The van der Waals surface area contributed by atoms with Crippen molar-refractivity contribution >= 4 is 93.2 Å². The summed E-state index contributed by atoms with van der Waals surface area (Å²) in [5.41, 5.74) is 0.615. The van der Waals surface area contributed by atoms with E-state index in [-0.39, 0.29) is 181 Å². The quantitative estimate of drug-likeness (QED) is 0.148. The molecule has 5 aliphatic heterocycles. The van der Waals surface area contributed by atoms with Gasteiger partial charge in [-0.25, -0.2) is 9.59 Å². The van der Waals surface area contributed by atoms with Crippen LogP contribution in [0.4, 0.5) is 52.1 Å². The molecule has 31 heteroatoms. The number of carbonyl (C=O) groups excluding carboxylic acids is 5. The zero-order chi connectivity index (χ0) is 63.7. The Labute approximate surface area is 616 Å². The summed E-state index contributed by atoms with van der Waals surface area (Å²) >= 11 is 16.0. The van der Waals surface area contributed by atoms with Crippen LogP contribution in [0.5, 0.6) is 11.5 Å². The third kappa shape index (κ3) is 22.3. The minimum absolute atomic E-state index is 0. The van der Waals surface area contributed by atoms with Crippen LogP contribution in [-0.4, -0.2) is 136 Å². The van der Waals surface area contributed by atoms with Gasteiger partial charge in [-0.2, -0.15) is 26.3 Å². The number of ether oxygens (including phenoxy) is 6. The smallest absolute Gasteiger partial charge is 0.652 e. The van der Waals surface area contributed by atoms with Crippen molar-refractivity contribution in [2.24, 2.45) is 11.8 Å². The summed E-state index contributed by atoms with van der Waals surface area (Å²) in [7, 11) is -2.10. The number of carbonyl (C=O) groups is 5. The summed E-state index contributed by atoms with van der Waals surface area (Å²) in [5, 5.41) is 34.5. The molecule has 3 fully saturated rings. The number of carboxylic acid groups (broad SMARTS) is 2. The normalized spacial score (nSPS) is 15.0. The summed E-state index contributed by atoms with van der Waals surface area (Å²) in [4.78, 5) is 64.2. The number of fused-ring (bicyclic) bond motifs is 2. The van der Waals surface area contributed by atoms with E-state index in [1.807, 2.05) is 60.7 Å². The Morgan fingerprint density at radius 2 is 0.967 bits per heavy atom. The van der Waals surface area contributed by atoms with E-state index < -0.39 is 48.3 Å². The Bertz CT molecular complexity index is 3360. The zero-order valence-corrected chi connectivity index (χ0v) is 57.6. The molecule has 3 saturated heterocycles. The van der Waals surface area contributed by atoms with Crippen molar-refractivity contribution in [2.75, 3.05) is 88.7 Å². The first-order chi connectivity index (χ1) is 41.9. The SMILES string of the molecule is C1COCCO1.O=C(OCc1ccccc1)N1CC(CN2C(=O)COc3cc(-c4ccccc4C(F)(F)F)c(Cl)cc32)C1.O=C(OCc1ccccc1)N1CC(CN2C(=O)COc3cc(Br)c(Cl)cc32)C1.O=C([O-])[O-].OB(O)c1ccccc1C(F)(F)F.[K+].[K+]. The van der Waals surface area contributed by atoms with Crippen molar-refractivity contribution in [2.45, 2.75) is 25.6 Å². The number of likely N-dealkylation sites (tertiary alicyclic amines) is 2. The molecule has 19 nitrogen and oxygen atoms in total. The van der Waals surface area contributed by atoms with Gasteiger partial charge in [-0.3, -0.25) is 9.59 Å². The maximum Gasteiger partial charge on any atom is 1.00 e. The van der Waals surface area contributed by atoms with E-state index in [0.29, 0.717) is 61.4 Å². The summed E-state index contributed by atoms with van der Waals surface area (Å²) in [6.45, 7) is 6.05. The van der Waals surface area contributed by atoms with E-state index >= 15 is 0 Å². The number of benzene rings is 6. The molecule has 0 atom stereocenters. The zero-order valence-electron chi connectivity index (χ0n) is 48.2. The van der Waals surface area contributed by atoms with Gasteiger partial charge in [-0.15, -0.1) is 0 Å². The van der Waals surface area contributed by atoms with Crippen molar-refractivity contribution in [1.29, 1.82) is 0 Å². The van der Waals surface area contributed by atoms with Gasteiger partial charge >= 0.3 is 134 Å². The molecule has 0 aliphatic carbocycles. The number of rotatable bonds is 10. The molecule has 90 heavy (non-hydrogen) atoms. The van der Waals surface area contributed by atoms with Gasteiger partial charge in [0, 0.05) is 61.1 Å². The maximum absolute atomic E-state index is 13.6. The van der Waals surface area contributed by atoms with Crippen LogP contribution in [0.25, 0.3) is 11.1 Å². The van der Waals surface area contributed by atoms with Gasteiger partial charge in [0.2, 0.25) is 0 Å². The van der Waals surface area contributed by atoms with Gasteiger partial charge < -0.3 is 73.1 Å². The summed E-state index contributed by atoms with van der Waals surface area (Å²) < 4.78 is 110. The van der Waals surface area contributed by atoms with Crippen LogP contribution in [0.1, 0.15) is 22.3 Å². The Morgan fingerprint density at radius 1 is 0.578 bits per heavy atom. The second kappa shape index (κ2) is 36.2. The number of nitrogens with zero attached hydrogens (tertiary/aromatic N) is 4. The largest absolute Gasteiger partial charge is 1.00 e. The van der Waals surface area contributed by atoms with Crippen molar-refractivity contribution in [3.8, 4) is 22.6 Å². The molecule has 11 rings (SSSR count). The predicted octanol–water partition coefficient (Wildman–Crippen LogP) is 2.10. The monoisotopic (exact) mass is 1410 g/mol. The summed E-state index contributed by atoms with van der Waals surface area (Å²) in [6, 6.07) is 34.8. The maximum atomic E-state index is 13.6. The van der Waals surface area contributed by atoms with Gasteiger partial charge in [0.25, 0.3) is 11.8 Å². The molecule has 0 aromatic heterocycles. The molecular weight excluding hydrogens is 1360 g/mol. The molecular formula is C59H54BBrCl2F6K2N4O15. The molecule has 0 unspecified atom stereocenters. The number of halogens is 9. The molecule has 6 aromatic carbocycles. The van der Waals surface area contributed by atoms with E-state index in [0.717, 1.165) is 60.2 Å². The number of hydrogen-bond acceptors (Lipinski definition) is 15. The van der Waals surface area contributed by atoms with Crippen molar-refractivity contribution < 1.29 is 202 Å². The molecule has 2 N–H and O–H groups in total. The first-order valence-corrected chi connectivity index (χ1v) is 28.2. The van der Waals surface area contributed by atoms with Gasteiger partial charge in [-0.05, 0) is 74.6 Å². The van der Waals surface area contributed by atoms with Crippen LogP contribution in [-0.2, 0) is 54.1 Å². The van der Waals surface area contributed by atoms with Crippen molar-refractivity contribution in [3.05, 3.63) is 170 Å². The molecule has 6 aromatic rings. The van der Waals surface area contributed by atoms with E-state index in [1.54, 1.807) is 26.8 Å². The van der Waals surface area contributed by atoms with Crippen LogP contribution < -0.4 is 138 Å². The fraction of sp³-hybridized carbons (Fsp3) is 0.305. The summed E-state index contributed by atoms with van der Waals surface area (Å²) in [5.74, 6) is 0.669. The second-order valence-corrected chi connectivity index (χ2v) is 21.4. The van der Waals surface area contributed by atoms with E-state index in [4.69, 9.17) is 76.7 Å². The van der Waals surface area contributed by atoms with E-state index in [9.17, 15) is 45.5 Å². The molecule has 0 radical (unpaired) electrons. The third-order valence-corrected chi connectivity index (χ3v) is 15.0. The number of anilines is 2. The van der Waals surface area contributed by atoms with Gasteiger partial charge in [0.1, 0.15) is 24.7 Å². The minimum atomic E-state index is -4.56. The Kier molecular flexibility index (Phi) is 30.7. The average molecular weight is 1410 g/mol. The molecule has 468 valence electrons. The molecule has 0 saturated carbocycles. The standard InChI is InChI=1S/C27H22ClF3N2O4.C20H18BrClN2O4.C7H6BF3O2.C4H8O2.CH2O3.2K/c28-22-11-23-24(10-20(22)19-8-4-5-9-21(19)27(29,30)31)36-16-25(34)33(23)14-18-12-32(13-18)26(35)37-15-17-6-2-1-3-7-17;21-15-6-18-17(7-16(15)22)24(19(25)12-27-18)10-14-8-23(9-14)20(26)28-11-13-4-2-1-3-5-13;9-7(10,11)5-3-1-2-4-6(5)8(12)13;1-2-6-4-3-5-1;2-1(3)4;;/h1-11,18H,12-16H2;1-7,14H,8-12H2;1-4,12-13H;1-4H2;(H2,2,3,4);;/q;;;;;2*+1/p-2. The van der Waals surface area contributed by atoms with E-state index in [2.05, 4.69) is 15.9 Å². The van der Waals surface area contributed by atoms with Crippen LogP contribution >= 0.6 is 39.1 Å². The first kappa shape index (κ1) is 76.2. The third-order valence-electron chi connectivity index (χ3n) is 13.5. The molecule has 0 spiro atoms. The first-order valence-electron chi connectivity index (χ1n) is 26.7. The summed E-state index contributed by atoms with van der Waals surface area (Å²) in [6.07, 6.45) is -12.2. The van der Waals surface area contributed by atoms with Crippen molar-refractivity contribution in [1.82, 2.24) is 9.80 Å². The Morgan fingerprint density at radius 3 is 1.38 bits per heavy atom. The van der Waals surface area contributed by atoms with Crippen LogP contribution in [0.2, 0.25) is 10.0 Å². The minimum Gasteiger partial charge on any atom is -0.652 e. The topological polar surface area (TPSA) is 240 Å². The average Bonchev–Trinajstić information content (AvgIpc) is 1.36. The van der Waals surface area contributed by atoms with Crippen molar-refractivity contribution in [3.63, 3.8) is 0 Å². The van der Waals surface area contributed by atoms with Gasteiger partial charge in [0.05, 0.1) is 59.0 Å². The van der Waals surface area contributed by atoms with Gasteiger partial charge in [-0.1, -0.05) is 126 Å².